The van der Waals surface area contributed by atoms with Crippen LogP contribution in [0.2, 0.25) is 5.02 Å². The molecule has 0 aliphatic carbocycles. The van der Waals surface area contributed by atoms with Crippen LogP contribution in [0.15, 0.2) is 29.8 Å². The average Bonchev–Trinajstić information content (AvgIpc) is 3.04. The van der Waals surface area contributed by atoms with Crippen molar-refractivity contribution in [3.8, 4) is 11.3 Å². The lowest BCUT2D eigenvalue weighted by molar-refractivity contribution is 0.694. The Morgan fingerprint density at radius 2 is 1.79 bits per heavy atom. The maximum atomic E-state index is 5.92. The van der Waals surface area contributed by atoms with Gasteiger partial charge in [0.15, 0.2) is 0 Å². The minimum Gasteiger partial charge on any atom is -0.398 e. The summed E-state index contributed by atoms with van der Waals surface area (Å²) in [6.07, 6.45) is 1.53. The molecule has 0 aliphatic rings. The first-order valence-corrected chi connectivity index (χ1v) is 7.37. The van der Waals surface area contributed by atoms with E-state index in [0.29, 0.717) is 28.8 Å². The van der Waals surface area contributed by atoms with Gasteiger partial charge in [-0.15, -0.1) is 48.6 Å². The fraction of sp³-hybridized carbons (Fsp3) is 0.0769. The van der Waals surface area contributed by atoms with E-state index in [-0.39, 0.29) is 37.2 Å². The van der Waals surface area contributed by atoms with Crippen molar-refractivity contribution in [2.75, 3.05) is 17.2 Å². The van der Waals surface area contributed by atoms with Crippen LogP contribution < -0.4 is 17.2 Å². The van der Waals surface area contributed by atoms with Crippen LogP contribution >= 0.6 is 60.2 Å². The summed E-state index contributed by atoms with van der Waals surface area (Å²) in [6, 6.07) is 5.46. The average molecular weight is 430 g/mol. The summed E-state index contributed by atoms with van der Waals surface area (Å²) >= 11 is 7.45. The molecule has 6 N–H and O–H groups in total. The Balaban J connectivity index is 0.00000176. The maximum Gasteiger partial charge on any atom is 0.145 e. The molecular weight excluding hydrogens is 414 g/mol. The smallest absolute Gasteiger partial charge is 0.145 e. The number of nitrogens with zero attached hydrogens (tertiary/aromatic N) is 3. The van der Waals surface area contributed by atoms with Crippen molar-refractivity contribution >= 4 is 77.4 Å². The predicted octanol–water partition coefficient (Wildman–Crippen LogP) is 3.72. The van der Waals surface area contributed by atoms with Gasteiger partial charge >= 0.3 is 0 Å². The fourth-order valence-corrected chi connectivity index (χ4v) is 2.78. The van der Waals surface area contributed by atoms with E-state index in [1.165, 1.54) is 17.5 Å². The summed E-state index contributed by atoms with van der Waals surface area (Å²) in [7, 11) is 0. The molecule has 0 saturated carbocycles. The van der Waals surface area contributed by atoms with Gasteiger partial charge in [0, 0.05) is 10.9 Å². The number of benzene rings is 1. The Kier molecular flexibility index (Phi) is 8.67. The van der Waals surface area contributed by atoms with Crippen LogP contribution in [0, 0.1) is 0 Å². The lowest BCUT2D eigenvalue weighted by atomic mass is 10.1. The summed E-state index contributed by atoms with van der Waals surface area (Å²) in [5.41, 5.74) is 20.1. The molecule has 11 heteroatoms. The molecule has 0 radical (unpaired) electrons. The maximum absolute atomic E-state index is 5.92. The summed E-state index contributed by atoms with van der Waals surface area (Å²) < 4.78 is 1.62. The van der Waals surface area contributed by atoms with Crippen LogP contribution in [-0.4, -0.2) is 14.8 Å². The predicted molar refractivity (Wildman–Crippen MR) is 109 cm³/mol. The van der Waals surface area contributed by atoms with Gasteiger partial charge in [0.25, 0.3) is 0 Å². The van der Waals surface area contributed by atoms with Crippen molar-refractivity contribution in [1.29, 1.82) is 0 Å². The van der Waals surface area contributed by atoms with E-state index in [0.717, 1.165) is 16.3 Å². The SMILES string of the molecule is Cl.Cl.Cl.Nc1cc(-c2csc(Cn3ncc(N)c3N)n2)ccc1Cl. The van der Waals surface area contributed by atoms with Crippen LogP contribution in [0.4, 0.5) is 17.2 Å². The minimum atomic E-state index is 0. The zero-order valence-corrected chi connectivity index (χ0v) is 16.2. The monoisotopic (exact) mass is 428 g/mol. The Hall–Kier alpha value is -1.38. The van der Waals surface area contributed by atoms with Gasteiger partial charge in [0.1, 0.15) is 10.8 Å². The molecule has 132 valence electrons. The van der Waals surface area contributed by atoms with Gasteiger partial charge in [0.05, 0.1) is 34.8 Å². The Morgan fingerprint density at radius 1 is 1.08 bits per heavy atom. The summed E-state index contributed by atoms with van der Waals surface area (Å²) in [4.78, 5) is 4.56. The molecule has 2 heterocycles. The third-order valence-corrected chi connectivity index (χ3v) is 4.22. The van der Waals surface area contributed by atoms with Gasteiger partial charge in [-0.05, 0) is 12.1 Å². The van der Waals surface area contributed by atoms with E-state index in [9.17, 15) is 0 Å². The van der Waals surface area contributed by atoms with Gasteiger partial charge in [-0.3, -0.25) is 0 Å². The second kappa shape index (κ2) is 9.19. The molecule has 6 nitrogen and oxygen atoms in total. The van der Waals surface area contributed by atoms with Crippen molar-refractivity contribution in [2.24, 2.45) is 0 Å². The quantitative estimate of drug-likeness (QED) is 0.549. The third-order valence-electron chi connectivity index (χ3n) is 3.04. The van der Waals surface area contributed by atoms with Crippen molar-refractivity contribution < 1.29 is 0 Å². The van der Waals surface area contributed by atoms with E-state index >= 15 is 0 Å². The second-order valence-electron chi connectivity index (χ2n) is 4.51. The van der Waals surface area contributed by atoms with E-state index in [2.05, 4.69) is 10.1 Å². The van der Waals surface area contributed by atoms with Gasteiger partial charge in [-0.1, -0.05) is 17.7 Å². The van der Waals surface area contributed by atoms with Crippen LogP contribution in [0.3, 0.4) is 0 Å². The summed E-state index contributed by atoms with van der Waals surface area (Å²) in [5.74, 6) is 0.447. The number of hydrogen-bond acceptors (Lipinski definition) is 6. The van der Waals surface area contributed by atoms with Gasteiger partial charge in [-0.2, -0.15) is 5.10 Å². The number of aromatic nitrogens is 3. The highest BCUT2D eigenvalue weighted by Crippen LogP contribution is 2.28. The number of hydrogen-bond donors (Lipinski definition) is 3. The highest BCUT2D eigenvalue weighted by molar-refractivity contribution is 7.09. The molecule has 0 atom stereocenters. The van der Waals surface area contributed by atoms with Crippen LogP contribution in [-0.2, 0) is 6.54 Å². The number of nitrogens with two attached hydrogens (primary N) is 3. The number of rotatable bonds is 3. The van der Waals surface area contributed by atoms with Crippen LogP contribution in [0.1, 0.15) is 5.01 Å². The van der Waals surface area contributed by atoms with Crippen LogP contribution in [0.25, 0.3) is 11.3 Å². The number of thiazole rings is 1. The van der Waals surface area contributed by atoms with Gasteiger partial charge in [-0.25, -0.2) is 9.67 Å². The molecule has 0 bridgehead atoms. The fourth-order valence-electron chi connectivity index (χ4n) is 1.88. The summed E-state index contributed by atoms with van der Waals surface area (Å²) in [6.45, 7) is 0.483. The van der Waals surface area contributed by atoms with E-state index < -0.39 is 0 Å². The lowest BCUT2D eigenvalue weighted by Crippen LogP contribution is -2.06. The molecule has 24 heavy (non-hydrogen) atoms. The Morgan fingerprint density at radius 3 is 2.38 bits per heavy atom. The summed E-state index contributed by atoms with van der Waals surface area (Å²) in [5, 5.41) is 7.49. The van der Waals surface area contributed by atoms with Crippen molar-refractivity contribution in [2.45, 2.75) is 6.54 Å². The van der Waals surface area contributed by atoms with Crippen molar-refractivity contribution in [3.63, 3.8) is 0 Å². The first kappa shape index (κ1) is 22.6. The van der Waals surface area contributed by atoms with E-state index in [1.54, 1.807) is 16.8 Å². The third kappa shape index (κ3) is 4.58. The lowest BCUT2D eigenvalue weighted by Gasteiger charge is -2.02. The molecule has 3 rings (SSSR count). The molecule has 2 aromatic heterocycles. The van der Waals surface area contributed by atoms with Gasteiger partial charge in [0.2, 0.25) is 0 Å². The first-order valence-electron chi connectivity index (χ1n) is 6.11. The molecule has 0 fully saturated rings. The molecule has 0 unspecified atom stereocenters. The Bertz CT molecular complexity index is 804. The standard InChI is InChI=1S/C13H13ClN6S.3ClH/c14-8-2-1-7(3-9(8)15)11-6-21-12(19-11)5-20-13(17)10(16)4-18-20;;;/h1-4,6H,5,15-17H2;3*1H. The first-order chi connectivity index (χ1) is 10.0. The second-order valence-corrected chi connectivity index (χ2v) is 5.86. The van der Waals surface area contributed by atoms with E-state index in [4.69, 9.17) is 28.8 Å². The normalized spacial score (nSPS) is 9.54. The zero-order chi connectivity index (χ0) is 15.0. The highest BCUT2D eigenvalue weighted by Gasteiger charge is 2.10. The molecule has 0 amide bonds. The molecule has 3 aromatic rings. The molecule has 0 spiro atoms. The van der Waals surface area contributed by atoms with Gasteiger partial charge < -0.3 is 17.2 Å². The number of anilines is 3. The van der Waals surface area contributed by atoms with Crippen LogP contribution in [0.5, 0.6) is 0 Å². The van der Waals surface area contributed by atoms with E-state index in [1.807, 2.05) is 11.4 Å². The highest BCUT2D eigenvalue weighted by atomic mass is 35.5. The molecule has 0 aliphatic heterocycles. The van der Waals surface area contributed by atoms with Crippen molar-refractivity contribution in [3.05, 3.63) is 39.8 Å². The van der Waals surface area contributed by atoms with Crippen molar-refractivity contribution in [1.82, 2.24) is 14.8 Å². The topological polar surface area (TPSA) is 109 Å². The molecule has 1 aromatic carbocycles. The zero-order valence-electron chi connectivity index (χ0n) is 12.2. The number of halogens is 4. The molecule has 0 saturated heterocycles. The molecular formula is C13H16Cl4N6S. The minimum absolute atomic E-state index is 0. The largest absolute Gasteiger partial charge is 0.398 e. The Labute approximate surface area is 166 Å². The number of nitrogen functional groups attached to an aromatic ring is 3.